The number of halogens is 1. The highest BCUT2D eigenvalue weighted by molar-refractivity contribution is 9.10. The molecule has 0 saturated heterocycles. The molecule has 2 aromatic rings. The van der Waals surface area contributed by atoms with Crippen LogP contribution in [0, 0.1) is 13.8 Å². The van der Waals surface area contributed by atoms with E-state index in [9.17, 15) is 0 Å². The van der Waals surface area contributed by atoms with Crippen LogP contribution in [-0.4, -0.2) is 6.04 Å². The van der Waals surface area contributed by atoms with Gasteiger partial charge in [0.05, 0.1) is 0 Å². The van der Waals surface area contributed by atoms with Crippen LogP contribution in [-0.2, 0) is 12.8 Å². The van der Waals surface area contributed by atoms with E-state index in [4.69, 9.17) is 5.73 Å². The molecule has 2 aromatic carbocycles. The van der Waals surface area contributed by atoms with Gasteiger partial charge in [-0.2, -0.15) is 0 Å². The third kappa shape index (κ3) is 4.48. The molecule has 0 heterocycles. The van der Waals surface area contributed by atoms with Crippen molar-refractivity contribution in [3.63, 3.8) is 0 Å². The molecule has 1 nitrogen and oxygen atoms in total. The predicted molar refractivity (Wildman–Crippen MR) is 85.4 cm³/mol. The summed E-state index contributed by atoms with van der Waals surface area (Å²) in [6.07, 6.45) is 1.85. The molecule has 0 bridgehead atoms. The van der Waals surface area contributed by atoms with E-state index in [0.29, 0.717) is 0 Å². The lowest BCUT2D eigenvalue weighted by Crippen LogP contribution is -2.25. The van der Waals surface area contributed by atoms with Crippen LogP contribution >= 0.6 is 15.9 Å². The van der Waals surface area contributed by atoms with Crippen molar-refractivity contribution < 1.29 is 0 Å². The summed E-state index contributed by atoms with van der Waals surface area (Å²) in [5, 5.41) is 0. The maximum absolute atomic E-state index is 6.26. The summed E-state index contributed by atoms with van der Waals surface area (Å²) >= 11 is 3.45. The van der Waals surface area contributed by atoms with Crippen molar-refractivity contribution in [3.8, 4) is 0 Å². The van der Waals surface area contributed by atoms with Crippen LogP contribution in [0.15, 0.2) is 46.9 Å². The average Bonchev–Trinajstić information content (AvgIpc) is 2.30. The quantitative estimate of drug-likeness (QED) is 0.899. The topological polar surface area (TPSA) is 26.0 Å². The van der Waals surface area contributed by atoms with E-state index in [2.05, 4.69) is 72.2 Å². The zero-order valence-corrected chi connectivity index (χ0v) is 13.1. The van der Waals surface area contributed by atoms with Crippen molar-refractivity contribution in [3.05, 3.63) is 69.2 Å². The Morgan fingerprint density at radius 2 is 1.42 bits per heavy atom. The van der Waals surface area contributed by atoms with E-state index in [-0.39, 0.29) is 6.04 Å². The van der Waals surface area contributed by atoms with Gasteiger partial charge in [-0.1, -0.05) is 57.4 Å². The van der Waals surface area contributed by atoms with Crippen LogP contribution in [0.2, 0.25) is 0 Å². The molecule has 0 spiro atoms. The van der Waals surface area contributed by atoms with Crippen LogP contribution < -0.4 is 5.73 Å². The Morgan fingerprint density at radius 3 is 2.00 bits per heavy atom. The molecule has 0 aliphatic rings. The second-order valence-corrected chi connectivity index (χ2v) is 6.21. The van der Waals surface area contributed by atoms with Gasteiger partial charge in [0.1, 0.15) is 0 Å². The summed E-state index contributed by atoms with van der Waals surface area (Å²) < 4.78 is 1.11. The fourth-order valence-electron chi connectivity index (χ4n) is 2.48. The number of hydrogen-bond acceptors (Lipinski definition) is 1. The fraction of sp³-hybridized carbons (Fsp3) is 0.294. The van der Waals surface area contributed by atoms with Gasteiger partial charge in [-0.05, 0) is 49.9 Å². The molecule has 2 heteroatoms. The van der Waals surface area contributed by atoms with E-state index < -0.39 is 0 Å². The zero-order valence-electron chi connectivity index (χ0n) is 11.5. The van der Waals surface area contributed by atoms with Gasteiger partial charge < -0.3 is 5.73 Å². The summed E-state index contributed by atoms with van der Waals surface area (Å²) in [6, 6.07) is 15.2. The summed E-state index contributed by atoms with van der Waals surface area (Å²) in [5.41, 5.74) is 11.5. The van der Waals surface area contributed by atoms with Crippen LogP contribution in [0.3, 0.4) is 0 Å². The summed E-state index contributed by atoms with van der Waals surface area (Å²) in [6.45, 7) is 4.27. The van der Waals surface area contributed by atoms with Gasteiger partial charge in [0.2, 0.25) is 0 Å². The summed E-state index contributed by atoms with van der Waals surface area (Å²) in [5.74, 6) is 0. The number of rotatable bonds is 4. The van der Waals surface area contributed by atoms with E-state index in [0.717, 1.165) is 17.3 Å². The number of nitrogens with two attached hydrogens (primary N) is 1. The van der Waals surface area contributed by atoms with Crippen LogP contribution in [0.1, 0.15) is 22.3 Å². The van der Waals surface area contributed by atoms with E-state index in [1.807, 2.05) is 0 Å². The minimum Gasteiger partial charge on any atom is -0.327 e. The van der Waals surface area contributed by atoms with Crippen molar-refractivity contribution in [2.24, 2.45) is 5.73 Å². The molecule has 1 unspecified atom stereocenters. The van der Waals surface area contributed by atoms with Crippen molar-refractivity contribution in [1.29, 1.82) is 0 Å². The zero-order chi connectivity index (χ0) is 13.8. The normalized spacial score (nSPS) is 12.4. The SMILES string of the molecule is Cc1cc(C)cc(CC(N)Cc2ccc(Br)cc2)c1. The third-order valence-corrected chi connectivity index (χ3v) is 3.72. The van der Waals surface area contributed by atoms with Crippen LogP contribution in [0.4, 0.5) is 0 Å². The van der Waals surface area contributed by atoms with Gasteiger partial charge >= 0.3 is 0 Å². The van der Waals surface area contributed by atoms with Crippen molar-refractivity contribution in [2.75, 3.05) is 0 Å². The molecule has 0 fully saturated rings. The summed E-state index contributed by atoms with van der Waals surface area (Å²) in [7, 11) is 0. The number of hydrogen-bond donors (Lipinski definition) is 1. The molecule has 2 rings (SSSR count). The van der Waals surface area contributed by atoms with Gasteiger partial charge in [0.15, 0.2) is 0 Å². The predicted octanol–water partition coefficient (Wildman–Crippen LogP) is 4.18. The van der Waals surface area contributed by atoms with E-state index in [1.165, 1.54) is 22.3 Å². The van der Waals surface area contributed by atoms with Gasteiger partial charge in [-0.25, -0.2) is 0 Å². The van der Waals surface area contributed by atoms with Crippen LogP contribution in [0.25, 0.3) is 0 Å². The Hall–Kier alpha value is -1.12. The molecule has 19 heavy (non-hydrogen) atoms. The Balaban J connectivity index is 2.00. The second-order valence-electron chi connectivity index (χ2n) is 5.29. The van der Waals surface area contributed by atoms with Crippen molar-refractivity contribution >= 4 is 15.9 Å². The average molecular weight is 318 g/mol. The molecular weight excluding hydrogens is 298 g/mol. The lowest BCUT2D eigenvalue weighted by molar-refractivity contribution is 0.664. The first-order valence-electron chi connectivity index (χ1n) is 6.60. The Labute approximate surface area is 124 Å². The fourth-order valence-corrected chi connectivity index (χ4v) is 2.75. The molecule has 0 radical (unpaired) electrons. The van der Waals surface area contributed by atoms with Gasteiger partial charge in [-0.3, -0.25) is 0 Å². The number of aryl methyl sites for hydroxylation is 2. The number of benzene rings is 2. The lowest BCUT2D eigenvalue weighted by atomic mass is 9.97. The standard InChI is InChI=1S/C17H20BrN/c1-12-7-13(2)9-15(8-12)11-17(19)10-14-3-5-16(18)6-4-14/h3-9,17H,10-11,19H2,1-2H3. The lowest BCUT2D eigenvalue weighted by Gasteiger charge is -2.13. The minimum absolute atomic E-state index is 0.169. The highest BCUT2D eigenvalue weighted by atomic mass is 79.9. The smallest absolute Gasteiger partial charge is 0.0175 e. The summed E-state index contributed by atoms with van der Waals surface area (Å²) in [4.78, 5) is 0. The largest absolute Gasteiger partial charge is 0.327 e. The van der Waals surface area contributed by atoms with Crippen molar-refractivity contribution in [1.82, 2.24) is 0 Å². The van der Waals surface area contributed by atoms with Crippen molar-refractivity contribution in [2.45, 2.75) is 32.7 Å². The van der Waals surface area contributed by atoms with Gasteiger partial charge in [0.25, 0.3) is 0 Å². The first kappa shape index (κ1) is 14.3. The molecule has 0 amide bonds. The maximum Gasteiger partial charge on any atom is 0.0175 e. The second kappa shape index (κ2) is 6.36. The molecule has 0 saturated carbocycles. The molecule has 100 valence electrons. The van der Waals surface area contributed by atoms with Crippen LogP contribution in [0.5, 0.6) is 0 Å². The Bertz CT molecular complexity index is 525. The minimum atomic E-state index is 0.169. The van der Waals surface area contributed by atoms with E-state index >= 15 is 0 Å². The molecule has 0 aromatic heterocycles. The molecule has 1 atom stereocenters. The molecular formula is C17H20BrN. The Kier molecular flexibility index (Phi) is 4.78. The molecule has 2 N–H and O–H groups in total. The monoisotopic (exact) mass is 317 g/mol. The molecule has 0 aliphatic heterocycles. The highest BCUT2D eigenvalue weighted by Crippen LogP contribution is 2.14. The maximum atomic E-state index is 6.26. The third-order valence-electron chi connectivity index (χ3n) is 3.19. The first-order valence-corrected chi connectivity index (χ1v) is 7.39. The van der Waals surface area contributed by atoms with E-state index in [1.54, 1.807) is 0 Å². The van der Waals surface area contributed by atoms with Gasteiger partial charge in [0, 0.05) is 10.5 Å². The molecule has 0 aliphatic carbocycles. The highest BCUT2D eigenvalue weighted by Gasteiger charge is 2.06. The Morgan fingerprint density at radius 1 is 0.895 bits per heavy atom. The first-order chi connectivity index (χ1) is 9.02. The van der Waals surface area contributed by atoms with Gasteiger partial charge in [-0.15, -0.1) is 0 Å².